The summed E-state index contributed by atoms with van der Waals surface area (Å²) < 4.78 is 5.26. The van der Waals surface area contributed by atoms with E-state index in [-0.39, 0.29) is 18.4 Å². The normalized spacial score (nSPS) is 17.3. The molecule has 2 N–H and O–H groups in total. The van der Waals surface area contributed by atoms with Crippen LogP contribution in [0.3, 0.4) is 0 Å². The highest BCUT2D eigenvalue weighted by Gasteiger charge is 2.36. The first-order valence-electron chi connectivity index (χ1n) is 13.4. The SMILES string of the molecule is CCOC(=O)[C@@H](CCCCCCN1C(=O)c2ccccc2C1=O)NC1CSc2ccccc2N(CC(=O)O)C1=O. The summed E-state index contributed by atoms with van der Waals surface area (Å²) in [6.45, 7) is 1.76. The summed E-state index contributed by atoms with van der Waals surface area (Å²) >= 11 is 1.43. The van der Waals surface area contributed by atoms with Crippen LogP contribution < -0.4 is 10.2 Å². The lowest BCUT2D eigenvalue weighted by Gasteiger charge is -2.27. The molecule has 0 spiro atoms. The van der Waals surface area contributed by atoms with E-state index < -0.39 is 36.5 Å². The molecular formula is C29H33N3O7S. The summed E-state index contributed by atoms with van der Waals surface area (Å²) in [7, 11) is 0. The number of carbonyl (C=O) groups excluding carboxylic acids is 4. The zero-order valence-corrected chi connectivity index (χ0v) is 23.2. The maximum absolute atomic E-state index is 13.4. The Kier molecular flexibility index (Phi) is 9.94. The minimum Gasteiger partial charge on any atom is -0.480 e. The van der Waals surface area contributed by atoms with Crippen molar-refractivity contribution in [3.63, 3.8) is 0 Å². The van der Waals surface area contributed by atoms with E-state index in [4.69, 9.17) is 4.74 Å². The molecule has 2 aliphatic heterocycles. The average Bonchev–Trinajstić information content (AvgIpc) is 3.11. The van der Waals surface area contributed by atoms with E-state index in [0.717, 1.165) is 17.7 Å². The molecule has 4 rings (SSSR count). The minimum absolute atomic E-state index is 0.196. The van der Waals surface area contributed by atoms with Crippen LogP contribution in [0.1, 0.15) is 59.7 Å². The number of benzene rings is 2. The average molecular weight is 568 g/mol. The Labute approximate surface area is 237 Å². The molecule has 0 saturated heterocycles. The van der Waals surface area contributed by atoms with Crippen molar-refractivity contribution in [3.8, 4) is 0 Å². The second-order valence-electron chi connectivity index (χ2n) is 9.63. The van der Waals surface area contributed by atoms with Gasteiger partial charge in [0.05, 0.1) is 29.5 Å². The maximum Gasteiger partial charge on any atom is 0.323 e. The molecule has 11 heteroatoms. The minimum atomic E-state index is -1.13. The topological polar surface area (TPSA) is 133 Å². The molecule has 10 nitrogen and oxygen atoms in total. The number of rotatable bonds is 13. The quantitative estimate of drug-likeness (QED) is 0.212. The number of carboxylic acid groups (broad SMARTS) is 1. The number of unbranched alkanes of at least 4 members (excludes halogenated alkanes) is 3. The number of nitrogens with zero attached hydrogens (tertiary/aromatic N) is 2. The predicted octanol–water partition coefficient (Wildman–Crippen LogP) is 3.35. The summed E-state index contributed by atoms with van der Waals surface area (Å²) in [5, 5.41) is 12.6. The van der Waals surface area contributed by atoms with Gasteiger partial charge in [-0.2, -0.15) is 0 Å². The van der Waals surface area contributed by atoms with Gasteiger partial charge in [-0.25, -0.2) is 0 Å². The predicted molar refractivity (Wildman–Crippen MR) is 149 cm³/mol. The molecule has 40 heavy (non-hydrogen) atoms. The summed E-state index contributed by atoms with van der Waals surface area (Å²) in [4.78, 5) is 66.1. The van der Waals surface area contributed by atoms with Crippen molar-refractivity contribution < 1.29 is 33.8 Å². The fraction of sp³-hybridized carbons (Fsp3) is 0.414. The van der Waals surface area contributed by atoms with Crippen LogP contribution in [-0.2, 0) is 19.1 Å². The van der Waals surface area contributed by atoms with Gasteiger partial charge in [-0.05, 0) is 44.0 Å². The summed E-state index contributed by atoms with van der Waals surface area (Å²) in [5.74, 6) is -2.19. The summed E-state index contributed by atoms with van der Waals surface area (Å²) in [6, 6.07) is 12.4. The lowest BCUT2D eigenvalue weighted by Crippen LogP contribution is -2.54. The van der Waals surface area contributed by atoms with Gasteiger partial charge in [0.25, 0.3) is 11.8 Å². The lowest BCUT2D eigenvalue weighted by molar-refractivity contribution is -0.146. The van der Waals surface area contributed by atoms with E-state index in [1.54, 1.807) is 43.3 Å². The maximum atomic E-state index is 13.4. The highest BCUT2D eigenvalue weighted by atomic mass is 32.2. The molecular weight excluding hydrogens is 534 g/mol. The number of hydrogen-bond acceptors (Lipinski definition) is 8. The van der Waals surface area contributed by atoms with E-state index in [2.05, 4.69) is 5.32 Å². The first-order valence-corrected chi connectivity index (χ1v) is 14.4. The number of amides is 3. The Bertz CT molecular complexity index is 1250. The molecule has 0 aromatic heterocycles. The number of aliphatic carboxylic acids is 1. The molecule has 2 atom stereocenters. The number of imide groups is 1. The number of para-hydroxylation sites is 1. The Morgan fingerprint density at radius 1 is 0.975 bits per heavy atom. The fourth-order valence-electron chi connectivity index (χ4n) is 4.94. The first kappa shape index (κ1) is 29.3. The van der Waals surface area contributed by atoms with Gasteiger partial charge in [0, 0.05) is 17.2 Å². The highest BCUT2D eigenvalue weighted by molar-refractivity contribution is 7.99. The van der Waals surface area contributed by atoms with E-state index in [9.17, 15) is 29.1 Å². The van der Waals surface area contributed by atoms with Gasteiger partial charge in [-0.1, -0.05) is 43.5 Å². The van der Waals surface area contributed by atoms with Crippen molar-refractivity contribution in [1.82, 2.24) is 10.2 Å². The van der Waals surface area contributed by atoms with Crippen LogP contribution in [0, 0.1) is 0 Å². The Morgan fingerprint density at radius 3 is 2.30 bits per heavy atom. The van der Waals surface area contributed by atoms with Crippen molar-refractivity contribution >= 4 is 47.1 Å². The van der Waals surface area contributed by atoms with Crippen LogP contribution in [0.5, 0.6) is 0 Å². The summed E-state index contributed by atoms with van der Waals surface area (Å²) in [5.41, 5.74) is 1.41. The Balaban J connectivity index is 1.31. The molecule has 1 unspecified atom stereocenters. The van der Waals surface area contributed by atoms with E-state index in [0.29, 0.717) is 48.4 Å². The second kappa shape index (κ2) is 13.6. The van der Waals surface area contributed by atoms with Crippen molar-refractivity contribution in [2.45, 2.75) is 56.0 Å². The number of carboxylic acids is 1. The molecule has 0 fully saturated rings. The number of nitrogens with one attached hydrogen (secondary N) is 1. The van der Waals surface area contributed by atoms with Crippen LogP contribution in [0.25, 0.3) is 0 Å². The van der Waals surface area contributed by atoms with Gasteiger partial charge in [0.15, 0.2) is 0 Å². The van der Waals surface area contributed by atoms with Gasteiger partial charge < -0.3 is 9.84 Å². The molecule has 212 valence electrons. The number of esters is 1. The standard InChI is InChI=1S/C29H33N3O7S/c1-2-39-29(38)21(13-5-3-4-10-16-31-26(35)19-11-6-7-12-20(19)27(31)36)30-22-18-40-24-15-9-8-14-23(24)32(28(22)37)17-25(33)34/h6-9,11-12,14-15,21-22,30H,2-5,10,13,16-18H2,1H3,(H,33,34)/t21-,22?/m1/s1. The summed E-state index contributed by atoms with van der Waals surface area (Å²) in [6.07, 6.45) is 3.23. The van der Waals surface area contributed by atoms with E-state index >= 15 is 0 Å². The molecule has 0 saturated carbocycles. The van der Waals surface area contributed by atoms with Crippen LogP contribution >= 0.6 is 11.8 Å². The lowest BCUT2D eigenvalue weighted by atomic mass is 10.1. The third-order valence-electron chi connectivity index (χ3n) is 6.90. The van der Waals surface area contributed by atoms with Crippen LogP contribution in [0.15, 0.2) is 53.4 Å². The van der Waals surface area contributed by atoms with E-state index in [1.807, 2.05) is 12.1 Å². The Hall–Kier alpha value is -3.70. The molecule has 2 aliphatic rings. The van der Waals surface area contributed by atoms with E-state index in [1.165, 1.54) is 21.6 Å². The molecule has 2 aromatic rings. The van der Waals surface area contributed by atoms with Crippen LogP contribution in [0.4, 0.5) is 5.69 Å². The van der Waals surface area contributed by atoms with Gasteiger partial charge in [0.2, 0.25) is 5.91 Å². The smallest absolute Gasteiger partial charge is 0.323 e. The number of hydrogen-bond donors (Lipinski definition) is 2. The Morgan fingerprint density at radius 2 is 1.62 bits per heavy atom. The zero-order valence-electron chi connectivity index (χ0n) is 22.3. The molecule has 0 aliphatic carbocycles. The third-order valence-corrected chi connectivity index (χ3v) is 8.05. The van der Waals surface area contributed by atoms with Crippen molar-refractivity contribution in [2.24, 2.45) is 0 Å². The van der Waals surface area contributed by atoms with Crippen LogP contribution in [-0.4, -0.2) is 77.2 Å². The van der Waals surface area contributed by atoms with Gasteiger partial charge in [-0.15, -0.1) is 11.8 Å². The first-order chi connectivity index (χ1) is 19.3. The monoisotopic (exact) mass is 567 g/mol. The molecule has 0 bridgehead atoms. The number of carbonyl (C=O) groups is 5. The second-order valence-corrected chi connectivity index (χ2v) is 10.7. The highest BCUT2D eigenvalue weighted by Crippen LogP contribution is 2.34. The van der Waals surface area contributed by atoms with Crippen molar-refractivity contribution in [2.75, 3.05) is 30.3 Å². The van der Waals surface area contributed by atoms with Crippen molar-refractivity contribution in [1.29, 1.82) is 0 Å². The molecule has 0 radical (unpaired) electrons. The molecule has 2 heterocycles. The van der Waals surface area contributed by atoms with Crippen molar-refractivity contribution in [3.05, 3.63) is 59.7 Å². The largest absolute Gasteiger partial charge is 0.480 e. The number of thioether (sulfide) groups is 1. The fourth-order valence-corrected chi connectivity index (χ4v) is 6.03. The zero-order chi connectivity index (χ0) is 28.6. The van der Waals surface area contributed by atoms with Crippen LogP contribution in [0.2, 0.25) is 0 Å². The third kappa shape index (κ3) is 6.71. The number of fused-ring (bicyclic) bond motifs is 2. The number of ether oxygens (including phenoxy) is 1. The molecule has 3 amide bonds. The van der Waals surface area contributed by atoms with Gasteiger partial charge in [-0.3, -0.25) is 39.1 Å². The van der Waals surface area contributed by atoms with Gasteiger partial charge in [0.1, 0.15) is 12.6 Å². The molecule has 2 aromatic carbocycles. The van der Waals surface area contributed by atoms with Gasteiger partial charge >= 0.3 is 11.9 Å². The number of anilines is 1.